The summed E-state index contributed by atoms with van der Waals surface area (Å²) in [5, 5.41) is 21.1. The zero-order valence-electron chi connectivity index (χ0n) is 12.4. The third-order valence-electron chi connectivity index (χ3n) is 2.90. The quantitative estimate of drug-likeness (QED) is 0.653. The summed E-state index contributed by atoms with van der Waals surface area (Å²) in [6.45, 7) is 2.47. The summed E-state index contributed by atoms with van der Waals surface area (Å²) in [4.78, 5) is 11.0. The van der Waals surface area contributed by atoms with Crippen LogP contribution >= 0.6 is 0 Å². The second-order valence-corrected chi connectivity index (χ2v) is 4.73. The molecule has 0 fully saturated rings. The Bertz CT molecular complexity index is 818. The van der Waals surface area contributed by atoms with Crippen molar-refractivity contribution in [2.75, 3.05) is 23.8 Å². The summed E-state index contributed by atoms with van der Waals surface area (Å²) in [5.74, 6) is 1.22. The molecule has 0 unspecified atom stereocenters. The fraction of sp³-hybridized carbons (Fsp3) is 0.214. The lowest BCUT2D eigenvalue weighted by atomic mass is 10.3. The van der Waals surface area contributed by atoms with Crippen molar-refractivity contribution in [1.82, 2.24) is 25.3 Å². The maximum Gasteiger partial charge on any atom is 0.221 e. The fourth-order valence-corrected chi connectivity index (χ4v) is 1.96. The minimum absolute atomic E-state index is 0.118. The summed E-state index contributed by atoms with van der Waals surface area (Å²) in [6, 6.07) is 10.8. The zero-order valence-corrected chi connectivity index (χ0v) is 12.4. The van der Waals surface area contributed by atoms with Gasteiger partial charge in [0.2, 0.25) is 5.91 Å². The third-order valence-corrected chi connectivity index (χ3v) is 2.90. The molecule has 0 aliphatic carbocycles. The van der Waals surface area contributed by atoms with Gasteiger partial charge in [-0.25, -0.2) is 0 Å². The molecule has 3 rings (SSSR count). The van der Waals surface area contributed by atoms with E-state index in [4.69, 9.17) is 4.74 Å². The number of carbonyl (C=O) groups excluding carboxylic acids is 1. The molecule has 2 N–H and O–H groups in total. The molecule has 118 valence electrons. The van der Waals surface area contributed by atoms with Crippen molar-refractivity contribution >= 4 is 23.1 Å². The highest BCUT2D eigenvalue weighted by Gasteiger charge is 2.01. The second-order valence-electron chi connectivity index (χ2n) is 4.73. The molecule has 0 aliphatic rings. The summed E-state index contributed by atoms with van der Waals surface area (Å²) in [6.07, 6.45) is 0. The smallest absolute Gasteiger partial charge is 0.221 e. The number of rotatable bonds is 6. The van der Waals surface area contributed by atoms with Gasteiger partial charge in [0.05, 0.1) is 6.54 Å². The number of nitrogens with zero attached hydrogens (tertiary/aromatic N) is 5. The van der Waals surface area contributed by atoms with Gasteiger partial charge < -0.3 is 15.4 Å². The molecule has 0 saturated heterocycles. The third kappa shape index (κ3) is 3.90. The highest BCUT2D eigenvalue weighted by molar-refractivity contribution is 5.88. The van der Waals surface area contributed by atoms with E-state index in [1.165, 1.54) is 11.6 Å². The van der Waals surface area contributed by atoms with Crippen LogP contribution in [0, 0.1) is 0 Å². The average molecular weight is 313 g/mol. The minimum Gasteiger partial charge on any atom is -0.492 e. The molecule has 9 nitrogen and oxygen atoms in total. The van der Waals surface area contributed by atoms with Crippen LogP contribution in [0.2, 0.25) is 0 Å². The number of benzene rings is 1. The number of hydrogen-bond acceptors (Lipinski definition) is 7. The van der Waals surface area contributed by atoms with Crippen molar-refractivity contribution in [3.05, 3.63) is 36.4 Å². The Kier molecular flexibility index (Phi) is 4.27. The van der Waals surface area contributed by atoms with Crippen LogP contribution in [0.5, 0.6) is 5.75 Å². The molecular weight excluding hydrogens is 298 g/mol. The van der Waals surface area contributed by atoms with Crippen molar-refractivity contribution < 1.29 is 9.53 Å². The molecule has 0 radical (unpaired) electrons. The Balaban J connectivity index is 1.50. The number of hydrogen-bond donors (Lipinski definition) is 2. The van der Waals surface area contributed by atoms with E-state index in [9.17, 15) is 4.79 Å². The first-order chi connectivity index (χ1) is 11.2. The summed E-state index contributed by atoms with van der Waals surface area (Å²) >= 11 is 0. The van der Waals surface area contributed by atoms with E-state index in [2.05, 4.69) is 31.3 Å². The van der Waals surface area contributed by atoms with Crippen molar-refractivity contribution in [3.8, 4) is 5.75 Å². The highest BCUT2D eigenvalue weighted by atomic mass is 16.5. The van der Waals surface area contributed by atoms with Crippen LogP contribution in [-0.4, -0.2) is 44.3 Å². The number of amides is 1. The number of nitrogens with one attached hydrogen (secondary N) is 2. The number of fused-ring (bicyclic) bond motifs is 1. The van der Waals surface area contributed by atoms with Gasteiger partial charge in [-0.3, -0.25) is 4.79 Å². The molecule has 0 aliphatic heterocycles. The Labute approximate surface area is 131 Å². The first-order valence-electron chi connectivity index (χ1n) is 7.00. The van der Waals surface area contributed by atoms with Crippen molar-refractivity contribution in [2.45, 2.75) is 6.92 Å². The van der Waals surface area contributed by atoms with Crippen LogP contribution < -0.4 is 15.4 Å². The van der Waals surface area contributed by atoms with E-state index in [0.29, 0.717) is 36.1 Å². The number of tetrazole rings is 1. The Morgan fingerprint density at radius 3 is 3.09 bits per heavy atom. The zero-order chi connectivity index (χ0) is 16.1. The van der Waals surface area contributed by atoms with E-state index in [-0.39, 0.29) is 5.91 Å². The molecule has 0 atom stereocenters. The van der Waals surface area contributed by atoms with Gasteiger partial charge in [0.25, 0.3) is 0 Å². The lowest BCUT2D eigenvalue weighted by molar-refractivity contribution is -0.114. The number of carbonyl (C=O) groups is 1. The number of anilines is 2. The predicted molar refractivity (Wildman–Crippen MR) is 83.3 cm³/mol. The van der Waals surface area contributed by atoms with Gasteiger partial charge in [0.1, 0.15) is 18.2 Å². The monoisotopic (exact) mass is 313 g/mol. The van der Waals surface area contributed by atoms with Gasteiger partial charge in [-0.15, -0.1) is 14.8 Å². The maximum absolute atomic E-state index is 11.0. The van der Waals surface area contributed by atoms with Gasteiger partial charge in [0, 0.05) is 18.7 Å². The summed E-state index contributed by atoms with van der Waals surface area (Å²) in [5.41, 5.74) is 1.29. The molecule has 23 heavy (non-hydrogen) atoms. The number of ether oxygens (including phenoxy) is 1. The van der Waals surface area contributed by atoms with Crippen molar-refractivity contribution in [3.63, 3.8) is 0 Å². The molecule has 2 aromatic heterocycles. The van der Waals surface area contributed by atoms with Gasteiger partial charge in [-0.1, -0.05) is 6.07 Å². The fourth-order valence-electron chi connectivity index (χ4n) is 1.96. The van der Waals surface area contributed by atoms with Crippen LogP contribution in [0.15, 0.2) is 36.4 Å². The standard InChI is InChI=1S/C14H15N7O2/c1-10(22)16-11-3-2-4-12(9-11)23-8-7-15-13-5-6-14-17-19-20-21(14)18-13/h2-6,9H,7-8H2,1H3,(H,15,18)(H,16,22). The van der Waals surface area contributed by atoms with E-state index in [0.717, 1.165) is 0 Å². The van der Waals surface area contributed by atoms with Gasteiger partial charge in [0.15, 0.2) is 5.65 Å². The second kappa shape index (κ2) is 6.69. The van der Waals surface area contributed by atoms with Gasteiger partial charge in [-0.2, -0.15) is 0 Å². The first-order valence-corrected chi connectivity index (χ1v) is 7.00. The molecule has 3 aromatic rings. The normalized spacial score (nSPS) is 10.5. The van der Waals surface area contributed by atoms with Crippen LogP contribution in [-0.2, 0) is 4.79 Å². The van der Waals surface area contributed by atoms with E-state index in [1.54, 1.807) is 24.3 Å². The molecule has 0 saturated carbocycles. The van der Waals surface area contributed by atoms with E-state index in [1.807, 2.05) is 12.1 Å². The largest absolute Gasteiger partial charge is 0.492 e. The lowest BCUT2D eigenvalue weighted by Crippen LogP contribution is -2.13. The molecule has 9 heteroatoms. The Morgan fingerprint density at radius 2 is 2.22 bits per heavy atom. The lowest BCUT2D eigenvalue weighted by Gasteiger charge is -2.09. The van der Waals surface area contributed by atoms with E-state index >= 15 is 0 Å². The van der Waals surface area contributed by atoms with Gasteiger partial charge >= 0.3 is 0 Å². The molecule has 2 heterocycles. The summed E-state index contributed by atoms with van der Waals surface area (Å²) in [7, 11) is 0. The molecule has 0 bridgehead atoms. The van der Waals surface area contributed by atoms with Crippen molar-refractivity contribution in [1.29, 1.82) is 0 Å². The van der Waals surface area contributed by atoms with Crippen LogP contribution in [0.25, 0.3) is 5.65 Å². The molecule has 1 amide bonds. The minimum atomic E-state index is -0.118. The van der Waals surface area contributed by atoms with Crippen LogP contribution in [0.3, 0.4) is 0 Å². The topological polar surface area (TPSA) is 106 Å². The van der Waals surface area contributed by atoms with Crippen LogP contribution in [0.4, 0.5) is 11.5 Å². The molecule has 1 aromatic carbocycles. The maximum atomic E-state index is 11.0. The SMILES string of the molecule is CC(=O)Nc1cccc(OCCNc2ccc3nnnn3n2)c1. The van der Waals surface area contributed by atoms with Crippen molar-refractivity contribution in [2.24, 2.45) is 0 Å². The summed E-state index contributed by atoms with van der Waals surface area (Å²) < 4.78 is 6.98. The Morgan fingerprint density at radius 1 is 1.30 bits per heavy atom. The van der Waals surface area contributed by atoms with E-state index < -0.39 is 0 Å². The highest BCUT2D eigenvalue weighted by Crippen LogP contribution is 2.17. The van der Waals surface area contributed by atoms with Gasteiger partial charge in [-0.05, 0) is 34.7 Å². The molecular formula is C14H15N7O2. The first kappa shape index (κ1) is 14.7. The Hall–Kier alpha value is -3.23. The molecule has 0 spiro atoms. The number of aromatic nitrogens is 5. The van der Waals surface area contributed by atoms with Crippen LogP contribution in [0.1, 0.15) is 6.92 Å². The predicted octanol–water partition coefficient (Wildman–Crippen LogP) is 0.969. The average Bonchev–Trinajstić information content (AvgIpc) is 2.99.